The second kappa shape index (κ2) is 10.6. The minimum atomic E-state index is 0.867. The number of hydrogen-bond acceptors (Lipinski definition) is 0. The van der Waals surface area contributed by atoms with Crippen molar-refractivity contribution in [3.05, 3.63) is 18.4 Å². The van der Waals surface area contributed by atoms with Crippen LogP contribution in [0.15, 0.2) is 18.4 Å². The van der Waals surface area contributed by atoms with E-state index in [1.54, 1.807) is 0 Å². The van der Waals surface area contributed by atoms with Crippen molar-refractivity contribution < 1.29 is 0 Å². The summed E-state index contributed by atoms with van der Waals surface area (Å²) < 4.78 is 0. The van der Waals surface area contributed by atoms with Gasteiger partial charge in [0.25, 0.3) is 0 Å². The van der Waals surface area contributed by atoms with Crippen molar-refractivity contribution in [2.24, 2.45) is 5.92 Å². The van der Waals surface area contributed by atoms with Gasteiger partial charge in [0.2, 0.25) is 0 Å². The lowest BCUT2D eigenvalue weighted by Gasteiger charge is -2.11. The first-order valence-electron chi connectivity index (χ1n) is 6.19. The zero-order chi connectivity index (χ0) is 10.6. The topological polar surface area (TPSA) is 0 Å². The van der Waals surface area contributed by atoms with E-state index < -0.39 is 0 Å². The zero-order valence-corrected chi connectivity index (χ0v) is 10.0. The van der Waals surface area contributed by atoms with Crippen molar-refractivity contribution in [1.82, 2.24) is 0 Å². The zero-order valence-electron chi connectivity index (χ0n) is 10.0. The predicted molar refractivity (Wildman–Crippen MR) is 65.5 cm³/mol. The van der Waals surface area contributed by atoms with Gasteiger partial charge in [-0.2, -0.15) is 0 Å². The van der Waals surface area contributed by atoms with Gasteiger partial charge in [-0.05, 0) is 18.4 Å². The van der Waals surface area contributed by atoms with E-state index in [0.29, 0.717) is 0 Å². The van der Waals surface area contributed by atoms with Crippen molar-refractivity contribution >= 4 is 0 Å². The number of rotatable bonds is 9. The fourth-order valence-corrected chi connectivity index (χ4v) is 1.78. The van der Waals surface area contributed by atoms with Crippen LogP contribution in [0.1, 0.15) is 65.2 Å². The van der Waals surface area contributed by atoms with E-state index in [9.17, 15) is 0 Å². The Bertz CT molecular complexity index is 151. The second-order valence-corrected chi connectivity index (χ2v) is 4.12. The van der Waals surface area contributed by atoms with Gasteiger partial charge in [0, 0.05) is 0 Å². The molecule has 0 radical (unpaired) electrons. The van der Waals surface area contributed by atoms with Crippen LogP contribution in [0.3, 0.4) is 0 Å². The molecule has 0 aromatic rings. The highest BCUT2D eigenvalue weighted by molar-refractivity contribution is 4.78. The lowest BCUT2D eigenvalue weighted by Crippen LogP contribution is -1.96. The maximum absolute atomic E-state index is 3.61. The van der Waals surface area contributed by atoms with Crippen molar-refractivity contribution in [2.45, 2.75) is 65.2 Å². The molecule has 1 atom stereocenters. The van der Waals surface area contributed by atoms with Gasteiger partial charge in [0.1, 0.15) is 0 Å². The Kier molecular flexibility index (Phi) is 10.2. The largest absolute Gasteiger partial charge is 0.133 e. The summed E-state index contributed by atoms with van der Waals surface area (Å²) in [7, 11) is 0. The molecule has 0 aliphatic carbocycles. The predicted octanol–water partition coefficient (Wildman–Crippen LogP) is 5.10. The van der Waals surface area contributed by atoms with E-state index in [0.717, 1.165) is 5.92 Å². The molecule has 0 aliphatic rings. The Hall–Kier alpha value is -0.480. The van der Waals surface area contributed by atoms with Crippen molar-refractivity contribution in [1.29, 1.82) is 0 Å². The summed E-state index contributed by atoms with van der Waals surface area (Å²) in [4.78, 5) is 0. The van der Waals surface area contributed by atoms with Crippen LogP contribution in [0.4, 0.5) is 0 Å². The third-order valence-corrected chi connectivity index (χ3v) is 2.89. The summed E-state index contributed by atoms with van der Waals surface area (Å²) in [6.45, 7) is 8.16. The summed E-state index contributed by atoms with van der Waals surface area (Å²) in [6, 6.07) is 0. The number of allylic oxidation sites excluding steroid dienone is 1. The van der Waals surface area contributed by atoms with Crippen LogP contribution in [0, 0.1) is 5.92 Å². The van der Waals surface area contributed by atoms with Crippen molar-refractivity contribution in [3.63, 3.8) is 0 Å². The fourth-order valence-electron chi connectivity index (χ4n) is 1.78. The molecular weight excluding hydrogens is 168 g/mol. The van der Waals surface area contributed by atoms with Gasteiger partial charge in [-0.15, -0.1) is 5.73 Å². The Balaban J connectivity index is 3.37. The Morgan fingerprint density at radius 2 is 1.86 bits per heavy atom. The molecule has 0 N–H and O–H groups in total. The summed E-state index contributed by atoms with van der Waals surface area (Å²) in [6.07, 6.45) is 12.9. The molecule has 0 aliphatic heterocycles. The van der Waals surface area contributed by atoms with Crippen LogP contribution >= 0.6 is 0 Å². The lowest BCUT2D eigenvalue weighted by molar-refractivity contribution is 0.444. The number of unbranched alkanes of at least 4 members (excludes halogenated alkanes) is 4. The lowest BCUT2D eigenvalue weighted by atomic mass is 9.95. The van der Waals surface area contributed by atoms with Gasteiger partial charge >= 0.3 is 0 Å². The molecule has 0 saturated heterocycles. The molecule has 0 aromatic carbocycles. The molecule has 0 heterocycles. The molecule has 0 nitrogen and oxygen atoms in total. The van der Waals surface area contributed by atoms with Crippen LogP contribution in [0.25, 0.3) is 0 Å². The molecule has 14 heavy (non-hydrogen) atoms. The fraction of sp³-hybridized carbons (Fsp3) is 0.786. The molecule has 0 fully saturated rings. The quantitative estimate of drug-likeness (QED) is 0.353. The smallest absolute Gasteiger partial charge is 0.0246 e. The standard InChI is InChI=1S/C14H26/c1-4-7-9-10-11-13-14(6-3)12-8-5-2/h8,14H,2,4,6-7,9-13H2,1,3H3. The molecule has 0 saturated carbocycles. The maximum Gasteiger partial charge on any atom is -0.0246 e. The molecule has 0 heteroatoms. The van der Waals surface area contributed by atoms with Gasteiger partial charge in [-0.1, -0.05) is 65.4 Å². The van der Waals surface area contributed by atoms with Crippen molar-refractivity contribution in [3.8, 4) is 0 Å². The molecular formula is C14H26. The van der Waals surface area contributed by atoms with E-state index >= 15 is 0 Å². The van der Waals surface area contributed by atoms with Crippen LogP contribution in [-0.2, 0) is 0 Å². The molecule has 82 valence electrons. The minimum absolute atomic E-state index is 0.867. The minimum Gasteiger partial charge on any atom is -0.133 e. The third kappa shape index (κ3) is 8.13. The van der Waals surface area contributed by atoms with Gasteiger partial charge < -0.3 is 0 Å². The average Bonchev–Trinajstić information content (AvgIpc) is 2.22. The van der Waals surface area contributed by atoms with Crippen LogP contribution in [0.2, 0.25) is 0 Å². The second-order valence-electron chi connectivity index (χ2n) is 4.12. The molecule has 1 unspecified atom stereocenters. The monoisotopic (exact) mass is 194 g/mol. The highest BCUT2D eigenvalue weighted by atomic mass is 14.1. The first-order chi connectivity index (χ1) is 6.85. The van der Waals surface area contributed by atoms with E-state index in [1.807, 2.05) is 0 Å². The molecule has 0 aromatic heterocycles. The Labute approximate surface area is 90.1 Å². The van der Waals surface area contributed by atoms with Gasteiger partial charge in [0.05, 0.1) is 0 Å². The Morgan fingerprint density at radius 3 is 2.43 bits per heavy atom. The third-order valence-electron chi connectivity index (χ3n) is 2.89. The average molecular weight is 194 g/mol. The van der Waals surface area contributed by atoms with Gasteiger partial charge in [0.15, 0.2) is 0 Å². The molecule has 0 rings (SSSR count). The Morgan fingerprint density at radius 1 is 1.14 bits per heavy atom. The van der Waals surface area contributed by atoms with Gasteiger partial charge in [-0.3, -0.25) is 0 Å². The normalized spacial score (nSPS) is 12.1. The molecule has 0 bridgehead atoms. The molecule has 0 spiro atoms. The van der Waals surface area contributed by atoms with Crippen molar-refractivity contribution in [2.75, 3.05) is 0 Å². The van der Waals surface area contributed by atoms with E-state index in [4.69, 9.17) is 0 Å². The van der Waals surface area contributed by atoms with Gasteiger partial charge in [-0.25, -0.2) is 0 Å². The molecule has 0 amide bonds. The first kappa shape index (κ1) is 13.5. The van der Waals surface area contributed by atoms with E-state index in [2.05, 4.69) is 32.2 Å². The number of hydrogen-bond donors (Lipinski definition) is 0. The summed E-state index contributed by atoms with van der Waals surface area (Å²) in [5, 5.41) is 0. The van der Waals surface area contributed by atoms with E-state index in [-0.39, 0.29) is 0 Å². The summed E-state index contributed by atoms with van der Waals surface area (Å²) >= 11 is 0. The van der Waals surface area contributed by atoms with Crippen LogP contribution in [0.5, 0.6) is 0 Å². The van der Waals surface area contributed by atoms with Crippen LogP contribution < -0.4 is 0 Å². The van der Waals surface area contributed by atoms with Crippen LogP contribution in [-0.4, -0.2) is 0 Å². The first-order valence-corrected chi connectivity index (χ1v) is 6.19. The maximum atomic E-state index is 3.61. The summed E-state index contributed by atoms with van der Waals surface area (Å²) in [5.74, 6) is 0.867. The van der Waals surface area contributed by atoms with E-state index in [1.165, 1.54) is 51.4 Å². The SMILES string of the molecule is C=C=CCC(CC)CCCCCCC. The summed E-state index contributed by atoms with van der Waals surface area (Å²) in [5.41, 5.74) is 2.87. The highest BCUT2D eigenvalue weighted by Crippen LogP contribution is 2.18. The highest BCUT2D eigenvalue weighted by Gasteiger charge is 2.03.